The van der Waals surface area contributed by atoms with Crippen molar-refractivity contribution >= 4 is 17.5 Å². The van der Waals surface area contributed by atoms with Crippen LogP contribution in [0.25, 0.3) is 0 Å². The number of benzene rings is 2. The molecule has 0 saturated carbocycles. The molecule has 5 nitrogen and oxygen atoms in total. The lowest BCUT2D eigenvalue weighted by molar-refractivity contribution is -0.136. The van der Waals surface area contributed by atoms with Crippen molar-refractivity contribution < 1.29 is 18.3 Å². The summed E-state index contributed by atoms with van der Waals surface area (Å²) in [6.07, 6.45) is -0.162. The number of rotatable bonds is 5. The van der Waals surface area contributed by atoms with Crippen molar-refractivity contribution in [1.29, 1.82) is 0 Å². The lowest BCUT2D eigenvalue weighted by Crippen LogP contribution is -2.52. The van der Waals surface area contributed by atoms with Crippen LogP contribution in [0, 0.1) is 11.6 Å². The Labute approximate surface area is 186 Å². The van der Waals surface area contributed by atoms with E-state index in [1.54, 1.807) is 24.3 Å². The molecule has 2 aliphatic rings. The first-order valence-electron chi connectivity index (χ1n) is 10.5. The van der Waals surface area contributed by atoms with Crippen molar-refractivity contribution in [2.24, 2.45) is 0 Å². The summed E-state index contributed by atoms with van der Waals surface area (Å²) in [5, 5.41) is 0.432. The molecule has 0 N–H and O–H groups in total. The van der Waals surface area contributed by atoms with E-state index in [4.69, 9.17) is 16.3 Å². The molecule has 2 aliphatic heterocycles. The Morgan fingerprint density at radius 1 is 1.00 bits per heavy atom. The summed E-state index contributed by atoms with van der Waals surface area (Å²) in [5.41, 5.74) is 1.42. The molecule has 2 aromatic rings. The van der Waals surface area contributed by atoms with Crippen LogP contribution in [-0.4, -0.2) is 73.0 Å². The van der Waals surface area contributed by atoms with Gasteiger partial charge in [-0.1, -0.05) is 29.8 Å². The van der Waals surface area contributed by atoms with Gasteiger partial charge in [0.15, 0.2) is 0 Å². The number of carbonyl (C=O) groups is 1. The fourth-order valence-corrected chi connectivity index (χ4v) is 4.30. The van der Waals surface area contributed by atoms with E-state index < -0.39 is 0 Å². The summed E-state index contributed by atoms with van der Waals surface area (Å²) in [6, 6.07) is 11.0. The first-order valence-corrected chi connectivity index (χ1v) is 10.9. The molecule has 0 aromatic heterocycles. The van der Waals surface area contributed by atoms with Gasteiger partial charge in [-0.2, -0.15) is 0 Å². The van der Waals surface area contributed by atoms with E-state index in [0.717, 1.165) is 5.56 Å². The van der Waals surface area contributed by atoms with Crippen molar-refractivity contribution in [2.75, 3.05) is 52.4 Å². The van der Waals surface area contributed by atoms with Crippen LogP contribution in [0.1, 0.15) is 17.2 Å². The zero-order valence-electron chi connectivity index (χ0n) is 17.3. The molecule has 4 rings (SSSR count). The molecule has 0 bridgehead atoms. The van der Waals surface area contributed by atoms with E-state index in [1.165, 1.54) is 18.2 Å². The monoisotopic (exact) mass is 449 g/mol. The first-order chi connectivity index (χ1) is 15.0. The van der Waals surface area contributed by atoms with Gasteiger partial charge in [-0.25, -0.2) is 8.78 Å². The fourth-order valence-electron chi connectivity index (χ4n) is 4.08. The number of ether oxygens (including phenoxy) is 1. The molecule has 0 aliphatic carbocycles. The fraction of sp³-hybridized carbons (Fsp3) is 0.435. The highest BCUT2D eigenvalue weighted by molar-refractivity contribution is 6.31. The number of hydrogen-bond donors (Lipinski definition) is 0. The van der Waals surface area contributed by atoms with E-state index in [9.17, 15) is 13.6 Å². The van der Waals surface area contributed by atoms with Gasteiger partial charge in [0.2, 0.25) is 5.91 Å². The van der Waals surface area contributed by atoms with Crippen molar-refractivity contribution in [2.45, 2.75) is 12.6 Å². The molecule has 8 heteroatoms. The zero-order chi connectivity index (χ0) is 21.8. The molecule has 31 heavy (non-hydrogen) atoms. The van der Waals surface area contributed by atoms with Crippen molar-refractivity contribution in [1.82, 2.24) is 14.7 Å². The molecule has 0 spiro atoms. The van der Waals surface area contributed by atoms with Gasteiger partial charge in [0.25, 0.3) is 0 Å². The first kappa shape index (κ1) is 22.1. The molecule has 166 valence electrons. The summed E-state index contributed by atoms with van der Waals surface area (Å²) in [7, 11) is 0. The topological polar surface area (TPSA) is 36.0 Å². The predicted molar refractivity (Wildman–Crippen MR) is 115 cm³/mol. The maximum Gasteiger partial charge on any atom is 0.236 e. The normalized spacial score (nSPS) is 20.7. The molecule has 2 heterocycles. The molecule has 0 radical (unpaired) electrons. The summed E-state index contributed by atoms with van der Waals surface area (Å²) in [5.74, 6) is -0.486. The second-order valence-electron chi connectivity index (χ2n) is 8.00. The second kappa shape index (κ2) is 10.0. The van der Waals surface area contributed by atoms with Gasteiger partial charge in [-0.15, -0.1) is 0 Å². The summed E-state index contributed by atoms with van der Waals surface area (Å²) in [4.78, 5) is 18.9. The van der Waals surface area contributed by atoms with E-state index in [0.29, 0.717) is 69.6 Å². The number of morpholine rings is 1. The SMILES string of the molecule is O=C(CN1CCOC(c2ccc(F)cc2)C1)N1CCN(Cc2c(F)cccc2Cl)CC1. The standard InChI is InChI=1S/C23H26ClF2N3O2/c24-20-2-1-3-21(26)19(20)14-27-8-10-29(11-9-27)23(30)16-28-12-13-31-22(15-28)17-4-6-18(25)7-5-17/h1-7,22H,8-16H2. The second-order valence-corrected chi connectivity index (χ2v) is 8.41. The summed E-state index contributed by atoms with van der Waals surface area (Å²) >= 11 is 6.13. The van der Waals surface area contributed by atoms with Crippen molar-refractivity contribution in [3.63, 3.8) is 0 Å². The van der Waals surface area contributed by atoms with Gasteiger partial charge in [0.05, 0.1) is 19.3 Å². The number of carbonyl (C=O) groups excluding carboxylic acids is 1. The van der Waals surface area contributed by atoms with E-state index in [1.807, 2.05) is 4.90 Å². The minimum absolute atomic E-state index is 0.0864. The zero-order valence-corrected chi connectivity index (χ0v) is 18.0. The molecule has 2 saturated heterocycles. The highest BCUT2D eigenvalue weighted by Crippen LogP contribution is 2.23. The van der Waals surface area contributed by atoms with Gasteiger partial charge >= 0.3 is 0 Å². The molecule has 1 amide bonds. The third kappa shape index (κ3) is 5.60. The summed E-state index contributed by atoms with van der Waals surface area (Å²) < 4.78 is 33.0. The third-order valence-electron chi connectivity index (χ3n) is 5.92. The molecule has 1 unspecified atom stereocenters. The Kier molecular flexibility index (Phi) is 7.17. The van der Waals surface area contributed by atoms with Gasteiger partial charge in [0, 0.05) is 56.4 Å². The van der Waals surface area contributed by atoms with Gasteiger partial charge in [-0.05, 0) is 29.8 Å². The minimum atomic E-state index is -0.297. The van der Waals surface area contributed by atoms with Crippen LogP contribution in [0.4, 0.5) is 8.78 Å². The van der Waals surface area contributed by atoms with Gasteiger partial charge in [-0.3, -0.25) is 14.6 Å². The van der Waals surface area contributed by atoms with E-state index in [-0.39, 0.29) is 23.6 Å². The van der Waals surface area contributed by atoms with Crippen LogP contribution in [0.3, 0.4) is 0 Å². The van der Waals surface area contributed by atoms with Gasteiger partial charge in [0.1, 0.15) is 11.6 Å². The predicted octanol–water partition coefficient (Wildman–Crippen LogP) is 3.34. The number of hydrogen-bond acceptors (Lipinski definition) is 4. The smallest absolute Gasteiger partial charge is 0.236 e. The lowest BCUT2D eigenvalue weighted by Gasteiger charge is -2.37. The van der Waals surface area contributed by atoms with Crippen LogP contribution >= 0.6 is 11.6 Å². The Bertz CT molecular complexity index is 884. The quantitative estimate of drug-likeness (QED) is 0.701. The van der Waals surface area contributed by atoms with Crippen LogP contribution < -0.4 is 0 Å². The van der Waals surface area contributed by atoms with Crippen molar-refractivity contribution in [3.8, 4) is 0 Å². The number of nitrogens with zero attached hydrogens (tertiary/aromatic N) is 3. The molecule has 1 atom stereocenters. The summed E-state index contributed by atoms with van der Waals surface area (Å²) in [6.45, 7) is 5.17. The van der Waals surface area contributed by atoms with Crippen LogP contribution in [0.15, 0.2) is 42.5 Å². The number of halogens is 3. The Hall–Kier alpha value is -2.06. The molecular formula is C23H26ClF2N3O2. The highest BCUT2D eigenvalue weighted by atomic mass is 35.5. The Morgan fingerprint density at radius 3 is 2.45 bits per heavy atom. The average molecular weight is 450 g/mol. The van der Waals surface area contributed by atoms with Gasteiger partial charge < -0.3 is 9.64 Å². The van der Waals surface area contributed by atoms with Crippen LogP contribution in [-0.2, 0) is 16.1 Å². The maximum atomic E-state index is 14.0. The average Bonchev–Trinajstić information content (AvgIpc) is 2.77. The minimum Gasteiger partial charge on any atom is -0.371 e. The van der Waals surface area contributed by atoms with E-state index >= 15 is 0 Å². The van der Waals surface area contributed by atoms with Crippen molar-refractivity contribution in [3.05, 3.63) is 70.2 Å². The number of piperazine rings is 1. The van der Waals surface area contributed by atoms with Crippen LogP contribution in [0.2, 0.25) is 5.02 Å². The highest BCUT2D eigenvalue weighted by Gasteiger charge is 2.27. The Morgan fingerprint density at radius 2 is 1.74 bits per heavy atom. The lowest BCUT2D eigenvalue weighted by atomic mass is 10.1. The van der Waals surface area contributed by atoms with E-state index in [2.05, 4.69) is 9.80 Å². The Balaban J connectivity index is 1.26. The molecule has 2 fully saturated rings. The number of amides is 1. The third-order valence-corrected chi connectivity index (χ3v) is 6.27. The maximum absolute atomic E-state index is 14.0. The largest absolute Gasteiger partial charge is 0.371 e. The van der Waals surface area contributed by atoms with Crippen LogP contribution in [0.5, 0.6) is 0 Å². The molecular weight excluding hydrogens is 424 g/mol. The molecule has 2 aromatic carbocycles.